The first-order valence-corrected chi connectivity index (χ1v) is 11.6. The number of nitrogens with zero attached hydrogens (tertiary/aromatic N) is 6. The van der Waals surface area contributed by atoms with Gasteiger partial charge in [0, 0.05) is 24.7 Å². The van der Waals surface area contributed by atoms with E-state index in [0.29, 0.717) is 40.7 Å². The minimum absolute atomic E-state index is 0.171. The predicted octanol–water partition coefficient (Wildman–Crippen LogP) is 4.23. The lowest BCUT2D eigenvalue weighted by atomic mass is 10.0. The number of nitrogens with two attached hydrogens (primary N) is 1. The number of nitrogens with one attached hydrogen (secondary N) is 1. The average molecular weight is 491 g/mol. The zero-order valence-electron chi connectivity index (χ0n) is 20.8. The SMILES string of the molecule is C/C=C(/c1ccc2nc(C)n(CC(F)F)c2n1)c1c(C)nc(N)nc1NC.CN1CCC[C@@H](F)C1. The first kappa shape index (κ1) is 26.4. The van der Waals surface area contributed by atoms with E-state index >= 15 is 0 Å². The number of halogens is 3. The highest BCUT2D eigenvalue weighted by Crippen LogP contribution is 2.31. The Kier molecular flexibility index (Phi) is 8.66. The van der Waals surface area contributed by atoms with Gasteiger partial charge in [-0.25, -0.2) is 28.1 Å². The predicted molar refractivity (Wildman–Crippen MR) is 133 cm³/mol. The van der Waals surface area contributed by atoms with Gasteiger partial charge in [0.1, 0.15) is 23.3 Å². The number of allylic oxidation sites excluding steroid dienone is 1. The molecule has 0 aliphatic carbocycles. The molecule has 1 aliphatic heterocycles. The lowest BCUT2D eigenvalue weighted by Crippen LogP contribution is -2.32. The van der Waals surface area contributed by atoms with Gasteiger partial charge in [-0.05, 0) is 59.3 Å². The van der Waals surface area contributed by atoms with Gasteiger partial charge in [0.05, 0.1) is 17.9 Å². The molecule has 0 radical (unpaired) electrons. The number of pyridine rings is 1. The summed E-state index contributed by atoms with van der Waals surface area (Å²) >= 11 is 0. The van der Waals surface area contributed by atoms with Gasteiger partial charge in [-0.3, -0.25) is 0 Å². The van der Waals surface area contributed by atoms with Gasteiger partial charge in [-0.2, -0.15) is 4.98 Å². The molecule has 0 bridgehead atoms. The number of hydrogen-bond acceptors (Lipinski definition) is 7. The van der Waals surface area contributed by atoms with Crippen molar-refractivity contribution in [1.82, 2.24) is 29.4 Å². The maximum atomic E-state index is 13.0. The summed E-state index contributed by atoms with van der Waals surface area (Å²) in [6.07, 6.45) is 0.629. The lowest BCUT2D eigenvalue weighted by molar-refractivity contribution is 0.127. The Bertz CT molecular complexity index is 1180. The van der Waals surface area contributed by atoms with Crippen LogP contribution in [0.2, 0.25) is 0 Å². The van der Waals surface area contributed by atoms with Crippen molar-refractivity contribution in [2.45, 2.75) is 52.8 Å². The first-order valence-electron chi connectivity index (χ1n) is 11.6. The van der Waals surface area contributed by atoms with Crippen LogP contribution < -0.4 is 11.1 Å². The van der Waals surface area contributed by atoms with Crippen LogP contribution in [0.4, 0.5) is 24.9 Å². The summed E-state index contributed by atoms with van der Waals surface area (Å²) in [5, 5.41) is 3.02. The van der Waals surface area contributed by atoms with Crippen LogP contribution in [0.5, 0.6) is 0 Å². The molecule has 190 valence electrons. The zero-order valence-corrected chi connectivity index (χ0v) is 20.8. The molecule has 1 saturated heterocycles. The monoisotopic (exact) mass is 490 g/mol. The van der Waals surface area contributed by atoms with Gasteiger partial charge in [0.25, 0.3) is 6.43 Å². The number of likely N-dealkylation sites (tertiary alicyclic amines) is 1. The zero-order chi connectivity index (χ0) is 25.7. The molecular weight excluding hydrogens is 457 g/mol. The highest BCUT2D eigenvalue weighted by Gasteiger charge is 2.19. The van der Waals surface area contributed by atoms with Crippen molar-refractivity contribution in [3.8, 4) is 0 Å². The van der Waals surface area contributed by atoms with Crippen molar-refractivity contribution in [3.63, 3.8) is 0 Å². The minimum Gasteiger partial charge on any atom is -0.372 e. The summed E-state index contributed by atoms with van der Waals surface area (Å²) in [6.45, 7) is 6.66. The first-order chi connectivity index (χ1) is 16.6. The number of aromatic nitrogens is 5. The molecule has 11 heteroatoms. The van der Waals surface area contributed by atoms with Gasteiger partial charge in [-0.15, -0.1) is 0 Å². The quantitative estimate of drug-likeness (QED) is 0.552. The van der Waals surface area contributed by atoms with E-state index in [4.69, 9.17) is 5.73 Å². The van der Waals surface area contributed by atoms with E-state index in [2.05, 4.69) is 25.3 Å². The maximum absolute atomic E-state index is 13.0. The molecule has 1 atom stereocenters. The van der Waals surface area contributed by atoms with Crippen LogP contribution in [0, 0.1) is 13.8 Å². The fourth-order valence-electron chi connectivity index (χ4n) is 4.24. The summed E-state index contributed by atoms with van der Waals surface area (Å²) in [6, 6.07) is 3.59. The Morgan fingerprint density at radius 1 is 1.23 bits per heavy atom. The van der Waals surface area contributed by atoms with Gasteiger partial charge in [0.15, 0.2) is 5.65 Å². The molecule has 3 N–H and O–H groups in total. The molecule has 0 unspecified atom stereocenters. The average Bonchev–Trinajstić information content (AvgIpc) is 3.09. The summed E-state index contributed by atoms with van der Waals surface area (Å²) in [5.74, 6) is 1.25. The molecule has 1 aliphatic rings. The van der Waals surface area contributed by atoms with E-state index in [1.165, 1.54) is 4.57 Å². The third-order valence-corrected chi connectivity index (χ3v) is 5.85. The molecule has 0 saturated carbocycles. The fraction of sp³-hybridized carbons (Fsp3) is 0.500. The highest BCUT2D eigenvalue weighted by molar-refractivity contribution is 5.87. The summed E-state index contributed by atoms with van der Waals surface area (Å²) in [5.41, 5.74) is 9.60. The van der Waals surface area contributed by atoms with Gasteiger partial charge >= 0.3 is 0 Å². The van der Waals surface area contributed by atoms with Crippen molar-refractivity contribution in [1.29, 1.82) is 0 Å². The number of alkyl halides is 3. The molecule has 8 nitrogen and oxygen atoms in total. The van der Waals surface area contributed by atoms with Crippen molar-refractivity contribution >= 4 is 28.5 Å². The number of nitrogen functional groups attached to an aromatic ring is 1. The van der Waals surface area contributed by atoms with Crippen LogP contribution >= 0.6 is 0 Å². The van der Waals surface area contributed by atoms with E-state index in [0.717, 1.165) is 30.5 Å². The second-order valence-electron chi connectivity index (χ2n) is 8.54. The van der Waals surface area contributed by atoms with Gasteiger partial charge in [0.2, 0.25) is 5.95 Å². The van der Waals surface area contributed by atoms with Crippen LogP contribution in [0.25, 0.3) is 16.7 Å². The third-order valence-electron chi connectivity index (χ3n) is 5.85. The smallest absolute Gasteiger partial charge is 0.256 e. The van der Waals surface area contributed by atoms with Crippen LogP contribution in [-0.2, 0) is 6.54 Å². The largest absolute Gasteiger partial charge is 0.372 e. The number of fused-ring (bicyclic) bond motifs is 1. The molecule has 3 aromatic heterocycles. The molecule has 3 aromatic rings. The van der Waals surface area contributed by atoms with Crippen LogP contribution in [0.15, 0.2) is 18.2 Å². The minimum atomic E-state index is -2.49. The lowest BCUT2D eigenvalue weighted by Gasteiger charge is -2.24. The Labute approximate surface area is 203 Å². The summed E-state index contributed by atoms with van der Waals surface area (Å²) in [4.78, 5) is 19.5. The Morgan fingerprint density at radius 3 is 2.54 bits per heavy atom. The van der Waals surface area contributed by atoms with E-state index in [1.807, 2.05) is 37.9 Å². The molecule has 35 heavy (non-hydrogen) atoms. The van der Waals surface area contributed by atoms with Crippen molar-refractivity contribution in [2.75, 3.05) is 38.2 Å². The Hall–Kier alpha value is -3.21. The maximum Gasteiger partial charge on any atom is 0.256 e. The van der Waals surface area contributed by atoms with Crippen LogP contribution in [-0.4, -0.2) is 69.2 Å². The normalized spacial score (nSPS) is 16.9. The molecular formula is C24H33F3N8. The molecule has 4 rings (SSSR count). The second-order valence-corrected chi connectivity index (χ2v) is 8.54. The van der Waals surface area contributed by atoms with Crippen molar-refractivity contribution in [2.24, 2.45) is 0 Å². The van der Waals surface area contributed by atoms with Crippen LogP contribution in [0.3, 0.4) is 0 Å². The van der Waals surface area contributed by atoms with E-state index in [9.17, 15) is 13.2 Å². The molecule has 0 amide bonds. The van der Waals surface area contributed by atoms with Crippen molar-refractivity contribution < 1.29 is 13.2 Å². The number of piperidine rings is 1. The number of anilines is 2. The van der Waals surface area contributed by atoms with Crippen molar-refractivity contribution in [3.05, 3.63) is 41.0 Å². The van der Waals surface area contributed by atoms with Gasteiger partial charge < -0.3 is 20.5 Å². The Morgan fingerprint density at radius 2 is 1.97 bits per heavy atom. The molecule has 4 heterocycles. The number of hydrogen-bond donors (Lipinski definition) is 2. The summed E-state index contributed by atoms with van der Waals surface area (Å²) in [7, 11) is 3.71. The Balaban J connectivity index is 0.000000363. The number of imidazole rings is 1. The standard InChI is InChI=1S/C18H21F2N7.C6H12FN/c1-5-11(15-9(2)23-18(21)26-16(15)22-4)12-6-7-13-17(25-12)27(8-14(19)20)10(3)24-13;1-8-4-2-3-6(7)5-8/h5-7,14H,8H2,1-4H3,(H3,21,22,23,26);6H,2-5H2,1H3/b11-5-;/t;6-/m.1/s1. The van der Waals surface area contributed by atoms with E-state index in [-0.39, 0.29) is 5.95 Å². The topological polar surface area (TPSA) is 97.8 Å². The van der Waals surface area contributed by atoms with Crippen LogP contribution in [0.1, 0.15) is 42.5 Å². The van der Waals surface area contributed by atoms with E-state index in [1.54, 1.807) is 20.0 Å². The fourth-order valence-corrected chi connectivity index (χ4v) is 4.24. The van der Waals surface area contributed by atoms with E-state index < -0.39 is 19.1 Å². The summed E-state index contributed by atoms with van der Waals surface area (Å²) < 4.78 is 39.7. The van der Waals surface area contributed by atoms with Gasteiger partial charge in [-0.1, -0.05) is 6.08 Å². The molecule has 1 fully saturated rings. The number of aryl methyl sites for hydroxylation is 2. The highest BCUT2D eigenvalue weighted by atomic mass is 19.3. The number of rotatable bonds is 5. The molecule has 0 spiro atoms. The molecule has 0 aromatic carbocycles. The second kappa shape index (κ2) is 11.5. The third kappa shape index (κ3) is 6.27.